The van der Waals surface area contributed by atoms with Gasteiger partial charge in [-0.3, -0.25) is 9.69 Å². The summed E-state index contributed by atoms with van der Waals surface area (Å²) in [5.74, 6) is -0.905. The third-order valence-electron chi connectivity index (χ3n) is 6.92. The molecule has 0 aromatic heterocycles. The second-order valence-corrected chi connectivity index (χ2v) is 9.23. The predicted octanol–water partition coefficient (Wildman–Crippen LogP) is 3.96. The number of carbonyl (C=O) groups excluding carboxylic acids is 1. The third kappa shape index (κ3) is 4.45. The highest BCUT2D eigenvalue weighted by Crippen LogP contribution is 2.36. The minimum absolute atomic E-state index is 0.118. The van der Waals surface area contributed by atoms with E-state index in [4.69, 9.17) is 14.6 Å². The van der Waals surface area contributed by atoms with Crippen molar-refractivity contribution in [2.75, 3.05) is 32.8 Å². The van der Waals surface area contributed by atoms with Crippen LogP contribution < -0.4 is 0 Å². The largest absolute Gasteiger partial charge is 0.347 e. The smallest absolute Gasteiger partial charge is 0.257 e. The Hall–Kier alpha value is -2.61. The number of hydrogen-bond acceptors (Lipinski definition) is 5. The van der Waals surface area contributed by atoms with Crippen molar-refractivity contribution in [1.82, 2.24) is 9.91 Å². The fourth-order valence-electron chi connectivity index (χ4n) is 5.04. The molecule has 5 rings (SSSR count). The van der Waals surface area contributed by atoms with Gasteiger partial charge in [-0.05, 0) is 31.5 Å². The van der Waals surface area contributed by atoms with Gasteiger partial charge in [0.1, 0.15) is 5.82 Å². The standard InChI is InChI=1S/C26H30FN3O3/c1-18-7-8-19(2)21(15-18)23-16-24(20-5-3-4-6-22(20)27)30(28-23)25(31)17-29-11-9-26(10-12-29)32-13-14-33-26/h3-8,15,24H,9-14,16-17H2,1-2H3/t24-/m0/s1. The topological polar surface area (TPSA) is 54.4 Å². The molecule has 6 nitrogen and oxygen atoms in total. The zero-order valence-corrected chi connectivity index (χ0v) is 19.2. The lowest BCUT2D eigenvalue weighted by Gasteiger charge is -2.37. The molecule has 0 aliphatic carbocycles. The molecule has 3 aliphatic rings. The summed E-state index contributed by atoms with van der Waals surface area (Å²) in [6.45, 7) is 7.02. The lowest BCUT2D eigenvalue weighted by atomic mass is 9.95. The number of benzene rings is 2. The van der Waals surface area contributed by atoms with E-state index in [1.807, 2.05) is 19.9 Å². The Morgan fingerprint density at radius 2 is 1.85 bits per heavy atom. The van der Waals surface area contributed by atoms with Crippen LogP contribution in [0.5, 0.6) is 0 Å². The molecule has 33 heavy (non-hydrogen) atoms. The number of amides is 1. The Kier molecular flexibility index (Phi) is 6.03. The van der Waals surface area contributed by atoms with Gasteiger partial charge in [-0.25, -0.2) is 9.40 Å². The molecule has 1 amide bonds. The van der Waals surface area contributed by atoms with Crippen molar-refractivity contribution < 1.29 is 18.7 Å². The first-order valence-electron chi connectivity index (χ1n) is 11.7. The Labute approximate surface area is 194 Å². The zero-order chi connectivity index (χ0) is 23.0. The normalized spacial score (nSPS) is 22.7. The molecular formula is C26H30FN3O3. The summed E-state index contributed by atoms with van der Waals surface area (Å²) in [5, 5.41) is 6.26. The molecule has 2 saturated heterocycles. The van der Waals surface area contributed by atoms with E-state index in [1.165, 1.54) is 11.1 Å². The molecular weight excluding hydrogens is 421 g/mol. The van der Waals surface area contributed by atoms with Gasteiger partial charge in [0.15, 0.2) is 5.79 Å². The van der Waals surface area contributed by atoms with Crippen LogP contribution in [0.4, 0.5) is 4.39 Å². The number of hydrazone groups is 1. The van der Waals surface area contributed by atoms with Gasteiger partial charge in [0.25, 0.3) is 5.91 Å². The van der Waals surface area contributed by atoms with Crippen molar-refractivity contribution in [1.29, 1.82) is 0 Å². The number of carbonyl (C=O) groups is 1. The summed E-state index contributed by atoms with van der Waals surface area (Å²) >= 11 is 0. The Morgan fingerprint density at radius 1 is 1.12 bits per heavy atom. The van der Waals surface area contributed by atoms with Gasteiger partial charge in [0.05, 0.1) is 31.5 Å². The van der Waals surface area contributed by atoms with Crippen molar-refractivity contribution in [2.24, 2.45) is 5.10 Å². The highest BCUT2D eigenvalue weighted by molar-refractivity contribution is 6.04. The second kappa shape index (κ2) is 8.97. The molecule has 2 fully saturated rings. The first-order valence-corrected chi connectivity index (χ1v) is 11.7. The number of nitrogens with zero attached hydrogens (tertiary/aromatic N) is 3. The summed E-state index contributed by atoms with van der Waals surface area (Å²) in [4.78, 5) is 15.6. The van der Waals surface area contributed by atoms with Crippen LogP contribution in [0.3, 0.4) is 0 Å². The molecule has 1 spiro atoms. The van der Waals surface area contributed by atoms with Crippen LogP contribution in [-0.4, -0.2) is 60.2 Å². The van der Waals surface area contributed by atoms with E-state index in [0.29, 0.717) is 25.2 Å². The Bertz CT molecular complexity index is 1070. The van der Waals surface area contributed by atoms with E-state index in [0.717, 1.165) is 48.3 Å². The highest BCUT2D eigenvalue weighted by atomic mass is 19.1. The quantitative estimate of drug-likeness (QED) is 0.706. The number of aryl methyl sites for hydroxylation is 2. The number of ether oxygens (including phenoxy) is 2. The summed E-state index contributed by atoms with van der Waals surface area (Å²) in [7, 11) is 0. The van der Waals surface area contributed by atoms with E-state index in [9.17, 15) is 9.18 Å². The third-order valence-corrected chi connectivity index (χ3v) is 6.92. The molecule has 0 bridgehead atoms. The Morgan fingerprint density at radius 3 is 2.58 bits per heavy atom. The van der Waals surface area contributed by atoms with Gasteiger partial charge in [0.2, 0.25) is 0 Å². The predicted molar refractivity (Wildman–Crippen MR) is 123 cm³/mol. The van der Waals surface area contributed by atoms with Crippen LogP contribution in [0.2, 0.25) is 0 Å². The number of hydrogen-bond donors (Lipinski definition) is 0. The van der Waals surface area contributed by atoms with Crippen LogP contribution in [0.1, 0.15) is 47.6 Å². The summed E-state index contributed by atoms with van der Waals surface area (Å²) in [6, 6.07) is 12.4. The van der Waals surface area contributed by atoms with Crippen LogP contribution in [0, 0.1) is 19.7 Å². The Balaban J connectivity index is 1.38. The monoisotopic (exact) mass is 451 g/mol. The van der Waals surface area contributed by atoms with Gasteiger partial charge in [0, 0.05) is 43.5 Å². The van der Waals surface area contributed by atoms with E-state index in [1.54, 1.807) is 12.1 Å². The number of rotatable bonds is 4. The molecule has 174 valence electrons. The fourth-order valence-corrected chi connectivity index (χ4v) is 5.04. The van der Waals surface area contributed by atoms with Crippen molar-refractivity contribution >= 4 is 11.6 Å². The molecule has 0 N–H and O–H groups in total. The van der Waals surface area contributed by atoms with Gasteiger partial charge in [-0.15, -0.1) is 0 Å². The minimum Gasteiger partial charge on any atom is -0.347 e. The molecule has 3 heterocycles. The van der Waals surface area contributed by atoms with Crippen molar-refractivity contribution in [3.05, 3.63) is 70.5 Å². The number of likely N-dealkylation sites (tertiary alicyclic amines) is 1. The fraction of sp³-hybridized carbons (Fsp3) is 0.462. The minimum atomic E-state index is -0.475. The first-order chi connectivity index (χ1) is 15.9. The lowest BCUT2D eigenvalue weighted by Crippen LogP contribution is -2.48. The molecule has 0 unspecified atom stereocenters. The maximum absolute atomic E-state index is 14.8. The lowest BCUT2D eigenvalue weighted by molar-refractivity contribution is -0.186. The molecule has 7 heteroatoms. The van der Waals surface area contributed by atoms with Crippen LogP contribution >= 0.6 is 0 Å². The maximum atomic E-state index is 14.8. The van der Waals surface area contributed by atoms with Crippen molar-refractivity contribution in [3.63, 3.8) is 0 Å². The van der Waals surface area contributed by atoms with E-state index in [-0.39, 0.29) is 18.3 Å². The van der Waals surface area contributed by atoms with Gasteiger partial charge in [-0.1, -0.05) is 35.9 Å². The number of halogens is 1. The van der Waals surface area contributed by atoms with Crippen molar-refractivity contribution in [2.45, 2.75) is 44.9 Å². The van der Waals surface area contributed by atoms with Gasteiger partial charge < -0.3 is 9.47 Å². The summed E-state index contributed by atoms with van der Waals surface area (Å²) in [5.41, 5.74) is 4.56. The van der Waals surface area contributed by atoms with E-state index in [2.05, 4.69) is 23.1 Å². The summed E-state index contributed by atoms with van der Waals surface area (Å²) < 4.78 is 26.3. The van der Waals surface area contributed by atoms with Crippen LogP contribution in [-0.2, 0) is 14.3 Å². The molecule has 2 aromatic rings. The second-order valence-electron chi connectivity index (χ2n) is 9.23. The van der Waals surface area contributed by atoms with Crippen molar-refractivity contribution in [3.8, 4) is 0 Å². The zero-order valence-electron chi connectivity index (χ0n) is 19.2. The average molecular weight is 452 g/mol. The SMILES string of the molecule is Cc1ccc(C)c(C2=NN(C(=O)CN3CCC4(CC3)OCCO4)[C@H](c3ccccc3F)C2)c1. The maximum Gasteiger partial charge on any atom is 0.257 e. The van der Waals surface area contributed by atoms with Gasteiger partial charge >= 0.3 is 0 Å². The highest BCUT2D eigenvalue weighted by Gasteiger charge is 2.41. The molecule has 0 radical (unpaired) electrons. The first kappa shape index (κ1) is 22.2. The molecule has 3 aliphatic heterocycles. The van der Waals surface area contributed by atoms with E-state index >= 15 is 0 Å². The van der Waals surface area contributed by atoms with Gasteiger partial charge in [-0.2, -0.15) is 5.10 Å². The average Bonchev–Trinajstić information content (AvgIpc) is 3.45. The molecule has 1 atom stereocenters. The molecule has 2 aromatic carbocycles. The summed E-state index contributed by atoms with van der Waals surface area (Å²) in [6.07, 6.45) is 1.98. The van der Waals surface area contributed by atoms with E-state index < -0.39 is 11.8 Å². The van der Waals surface area contributed by atoms with Crippen LogP contribution in [0.25, 0.3) is 0 Å². The van der Waals surface area contributed by atoms with Crippen LogP contribution in [0.15, 0.2) is 47.6 Å². The molecule has 0 saturated carbocycles. The number of piperidine rings is 1.